The lowest BCUT2D eigenvalue weighted by atomic mass is 9.92. The van der Waals surface area contributed by atoms with Crippen LogP contribution in [0.15, 0.2) is 127 Å². The Hall–Kier alpha value is -4.82. The van der Waals surface area contributed by atoms with Gasteiger partial charge in [0.1, 0.15) is 11.5 Å². The molecule has 0 radical (unpaired) electrons. The van der Waals surface area contributed by atoms with Crippen LogP contribution in [0.3, 0.4) is 0 Å². The lowest BCUT2D eigenvalue weighted by molar-refractivity contribution is 0.487. The molecule has 6 aromatic carbocycles. The molecule has 1 aromatic heterocycles. The Morgan fingerprint density at radius 2 is 1.33 bits per heavy atom. The van der Waals surface area contributed by atoms with Crippen molar-refractivity contribution in [2.45, 2.75) is 0 Å². The number of rotatable bonds is 2. The van der Waals surface area contributed by atoms with Crippen molar-refractivity contribution >= 4 is 32.6 Å². The molecule has 0 amide bonds. The van der Waals surface area contributed by atoms with Crippen LogP contribution in [0.5, 0.6) is 11.5 Å². The van der Waals surface area contributed by atoms with E-state index in [1.807, 2.05) is 12.1 Å². The van der Waals surface area contributed by atoms with Crippen LogP contribution >= 0.6 is 0 Å². The van der Waals surface area contributed by atoms with Crippen molar-refractivity contribution in [2.75, 3.05) is 0 Å². The predicted octanol–water partition coefficient (Wildman–Crippen LogP) is 9.38. The smallest absolute Gasteiger partial charge is 0.135 e. The van der Waals surface area contributed by atoms with Crippen molar-refractivity contribution in [2.24, 2.45) is 0 Å². The highest BCUT2D eigenvalue weighted by Gasteiger charge is 2.20. The van der Waals surface area contributed by atoms with E-state index in [-0.39, 0.29) is 33.7 Å². The normalized spacial score (nSPS) is 17.9. The second kappa shape index (κ2) is 7.34. The van der Waals surface area contributed by atoms with Gasteiger partial charge in [-0.15, -0.1) is 0 Å². The largest absolute Gasteiger partial charge is 0.456 e. The minimum Gasteiger partial charge on any atom is -0.456 e. The zero-order valence-electron chi connectivity index (χ0n) is 33.3. The fourth-order valence-corrected chi connectivity index (χ4v) is 4.71. The van der Waals surface area contributed by atoms with E-state index in [0.717, 1.165) is 9.95 Å². The molecule has 0 saturated heterocycles. The van der Waals surface area contributed by atoms with E-state index in [2.05, 4.69) is 0 Å². The predicted molar refractivity (Wildman–Crippen MR) is 149 cm³/mol. The molecule has 0 unspecified atom stereocenters. The Labute approximate surface area is 229 Å². The number of hydrogen-bond acceptors (Lipinski definition) is 1. The van der Waals surface area contributed by atoms with Crippen LogP contribution in [-0.4, -0.2) is 4.57 Å². The zero-order chi connectivity index (χ0) is 36.7. The molecule has 2 heterocycles. The number of nitrogens with zero attached hydrogens (tertiary/aromatic N) is 1. The topological polar surface area (TPSA) is 14.2 Å². The molecule has 36 heavy (non-hydrogen) atoms. The fraction of sp³-hybridized carbons (Fsp3) is 0. The summed E-state index contributed by atoms with van der Waals surface area (Å²) in [4.78, 5) is 0. The van der Waals surface area contributed by atoms with Gasteiger partial charge >= 0.3 is 0 Å². The van der Waals surface area contributed by atoms with Crippen LogP contribution in [0.1, 0.15) is 20.6 Å². The summed E-state index contributed by atoms with van der Waals surface area (Å²) in [6.45, 7) is 0. The Balaban J connectivity index is 1.60. The first kappa shape index (κ1) is 10.0. The van der Waals surface area contributed by atoms with E-state index >= 15 is 0 Å². The molecule has 1 aliphatic heterocycles. The van der Waals surface area contributed by atoms with Crippen LogP contribution in [0, 0.1) is 0 Å². The highest BCUT2D eigenvalue weighted by Crippen LogP contribution is 2.47. The van der Waals surface area contributed by atoms with Crippen LogP contribution in [0.4, 0.5) is 0 Å². The SMILES string of the molecule is [2H]c1c([2H])c([2H])c(-n2c3c([2H])c([2H])c([2H])c([2H])c3c3c([2H])c([2H])c(-c4c([2H])c([2H])c5c(c4[2H])-c4cccc6cccc(c46)O5)c([2H])c32)c([2H])c1[2H]. The average Bonchev–Trinajstić information content (AvgIpc) is 3.47. The Morgan fingerprint density at radius 3 is 2.25 bits per heavy atom. The lowest BCUT2D eigenvalue weighted by Gasteiger charge is -2.22. The highest BCUT2D eigenvalue weighted by molar-refractivity contribution is 6.10. The first-order valence-electron chi connectivity index (χ1n) is 18.6. The molecule has 8 rings (SSSR count). The third-order valence-corrected chi connectivity index (χ3v) is 6.24. The van der Waals surface area contributed by atoms with Gasteiger partial charge in [-0.2, -0.15) is 0 Å². The first-order valence-corrected chi connectivity index (χ1v) is 11.1. The monoisotopic (exact) mass is 474 g/mol. The van der Waals surface area contributed by atoms with Gasteiger partial charge in [-0.25, -0.2) is 0 Å². The van der Waals surface area contributed by atoms with Gasteiger partial charge in [0, 0.05) is 27.4 Å². The van der Waals surface area contributed by atoms with Crippen molar-refractivity contribution in [3.63, 3.8) is 0 Å². The second-order valence-electron chi connectivity index (χ2n) is 8.22. The Bertz CT molecular complexity index is 2760. The summed E-state index contributed by atoms with van der Waals surface area (Å²) in [7, 11) is 0. The van der Waals surface area contributed by atoms with E-state index in [0.29, 0.717) is 16.7 Å². The summed E-state index contributed by atoms with van der Waals surface area (Å²) in [5.41, 5.74) is -1.58. The van der Waals surface area contributed by atoms with E-state index < -0.39 is 107 Å². The maximum atomic E-state index is 9.56. The molecule has 0 saturated carbocycles. The first-order chi connectivity index (χ1) is 24.1. The molecule has 0 bridgehead atoms. The maximum absolute atomic E-state index is 9.56. The number of aromatic nitrogens is 1. The highest BCUT2D eigenvalue weighted by atomic mass is 16.5. The van der Waals surface area contributed by atoms with Gasteiger partial charge in [0.05, 0.1) is 31.6 Å². The second-order valence-corrected chi connectivity index (χ2v) is 8.22. The lowest BCUT2D eigenvalue weighted by Crippen LogP contribution is -1.97. The van der Waals surface area contributed by atoms with Crippen LogP contribution in [0.2, 0.25) is 0 Å². The number of fused-ring (bicyclic) bond motifs is 5. The van der Waals surface area contributed by atoms with Gasteiger partial charge in [0.25, 0.3) is 0 Å². The number of hydrogen-bond donors (Lipinski definition) is 0. The molecule has 0 aliphatic carbocycles. The van der Waals surface area contributed by atoms with E-state index in [1.165, 1.54) is 0 Å². The van der Waals surface area contributed by atoms with Crippen molar-refractivity contribution < 1.29 is 25.3 Å². The Morgan fingerprint density at radius 1 is 0.583 bits per heavy atom. The number of benzene rings is 6. The minimum absolute atomic E-state index is 0.0814. The standard InChI is InChI=1S/C34H21NO/c1-2-10-25(11-3-1)35-30-14-5-4-12-26(30)27-18-16-24(21-31(27)35)23-17-19-32-29(20-23)28-13-6-8-22-9-7-15-33(36-32)34(22)28/h1-21H/i1D,2D,3D,4D,5D,10D,11D,12D,14D,16D,17D,18D,19D,20D,21D. The van der Waals surface area contributed by atoms with Crippen molar-refractivity contribution in [1.82, 2.24) is 4.57 Å². The zero-order valence-corrected chi connectivity index (χ0v) is 18.3. The van der Waals surface area contributed by atoms with Crippen LogP contribution in [-0.2, 0) is 0 Å². The molecule has 2 heteroatoms. The molecule has 0 atom stereocenters. The molecular formula is C34H21NO. The summed E-state index contributed by atoms with van der Waals surface area (Å²) in [5, 5.41) is 0.773. The minimum atomic E-state index is -0.762. The number of para-hydroxylation sites is 2. The fourth-order valence-electron chi connectivity index (χ4n) is 4.71. The van der Waals surface area contributed by atoms with Gasteiger partial charge in [-0.3, -0.25) is 0 Å². The van der Waals surface area contributed by atoms with E-state index in [9.17, 15) is 4.11 Å². The maximum Gasteiger partial charge on any atom is 0.135 e. The quantitative estimate of drug-likeness (QED) is 0.243. The molecule has 2 nitrogen and oxygen atoms in total. The van der Waals surface area contributed by atoms with Gasteiger partial charge in [-0.05, 0) is 64.4 Å². The van der Waals surface area contributed by atoms with Gasteiger partial charge < -0.3 is 9.30 Å². The van der Waals surface area contributed by atoms with E-state index in [1.54, 1.807) is 24.3 Å². The molecule has 7 aromatic rings. The molecular weight excluding hydrogens is 438 g/mol. The van der Waals surface area contributed by atoms with E-state index in [4.69, 9.17) is 21.2 Å². The summed E-state index contributed by atoms with van der Waals surface area (Å²) in [6, 6.07) is 0.648. The summed E-state index contributed by atoms with van der Waals surface area (Å²) < 4.78 is 139. The molecule has 0 spiro atoms. The summed E-state index contributed by atoms with van der Waals surface area (Å²) in [6.07, 6.45) is 0. The van der Waals surface area contributed by atoms with Crippen LogP contribution < -0.4 is 4.74 Å². The van der Waals surface area contributed by atoms with Crippen molar-refractivity contribution in [3.05, 3.63) is 127 Å². The summed E-state index contributed by atoms with van der Waals surface area (Å²) >= 11 is 0. The summed E-state index contributed by atoms with van der Waals surface area (Å²) in [5.74, 6) is 0.331. The molecule has 0 N–H and O–H groups in total. The molecule has 0 fully saturated rings. The molecule has 1 aliphatic rings. The van der Waals surface area contributed by atoms with Gasteiger partial charge in [-0.1, -0.05) is 84.7 Å². The number of ether oxygens (including phenoxy) is 1. The average molecular weight is 475 g/mol. The van der Waals surface area contributed by atoms with Gasteiger partial charge in [0.2, 0.25) is 0 Å². The Kier molecular flexibility index (Phi) is 2.05. The third-order valence-electron chi connectivity index (χ3n) is 6.24. The van der Waals surface area contributed by atoms with Crippen LogP contribution in [0.25, 0.3) is 60.5 Å². The third kappa shape index (κ3) is 2.73. The molecule has 168 valence electrons. The van der Waals surface area contributed by atoms with Crippen molar-refractivity contribution in [1.29, 1.82) is 0 Å². The van der Waals surface area contributed by atoms with Crippen molar-refractivity contribution in [3.8, 4) is 39.4 Å². The van der Waals surface area contributed by atoms with Gasteiger partial charge in [0.15, 0.2) is 0 Å².